The molecule has 0 aliphatic carbocycles. The van der Waals surface area contributed by atoms with Crippen LogP contribution in [0.3, 0.4) is 0 Å². The minimum atomic E-state index is -3.62. The maximum absolute atomic E-state index is 13.0. The average molecular weight is 461 g/mol. The van der Waals surface area contributed by atoms with Crippen LogP contribution in [0.2, 0.25) is 0 Å². The molecule has 0 radical (unpaired) electrons. The lowest BCUT2D eigenvalue weighted by Gasteiger charge is -2.22. The number of hydrogen-bond acceptors (Lipinski definition) is 7. The molecule has 32 heavy (non-hydrogen) atoms. The first-order valence-electron chi connectivity index (χ1n) is 10.6. The van der Waals surface area contributed by atoms with Gasteiger partial charge in [-0.25, -0.2) is 8.42 Å². The van der Waals surface area contributed by atoms with Crippen molar-refractivity contribution >= 4 is 21.9 Å². The number of benzene rings is 1. The van der Waals surface area contributed by atoms with Crippen LogP contribution in [0.5, 0.6) is 0 Å². The van der Waals surface area contributed by atoms with Gasteiger partial charge in [0.2, 0.25) is 10.0 Å². The number of unbranched alkanes of at least 4 members (excludes halogenated alkanes) is 2. The van der Waals surface area contributed by atoms with E-state index in [0.29, 0.717) is 18.8 Å². The molecule has 2 aromatic heterocycles. The van der Waals surface area contributed by atoms with Crippen LogP contribution in [-0.2, 0) is 17.1 Å². The van der Waals surface area contributed by atoms with Crippen LogP contribution in [0.15, 0.2) is 45.8 Å². The van der Waals surface area contributed by atoms with Crippen LogP contribution in [0.25, 0.3) is 11.6 Å². The van der Waals surface area contributed by atoms with Crippen LogP contribution in [0.1, 0.15) is 49.9 Å². The zero-order valence-corrected chi connectivity index (χ0v) is 19.3. The highest BCUT2D eigenvalue weighted by molar-refractivity contribution is 7.89. The number of nitrogens with one attached hydrogen (secondary N) is 1. The fourth-order valence-corrected chi connectivity index (χ4v) is 4.60. The molecule has 0 fully saturated rings. The molecule has 0 aliphatic rings. The molecular formula is C21H28N6O4S. The Morgan fingerprint density at radius 2 is 1.72 bits per heavy atom. The van der Waals surface area contributed by atoms with E-state index in [2.05, 4.69) is 20.6 Å². The van der Waals surface area contributed by atoms with Gasteiger partial charge in [0, 0.05) is 31.9 Å². The van der Waals surface area contributed by atoms with Crippen molar-refractivity contribution in [1.29, 1.82) is 0 Å². The second kappa shape index (κ2) is 10.5. The van der Waals surface area contributed by atoms with Crippen LogP contribution < -0.4 is 5.32 Å². The summed E-state index contributed by atoms with van der Waals surface area (Å²) in [5, 5.41) is 14.3. The molecule has 0 atom stereocenters. The predicted molar refractivity (Wildman–Crippen MR) is 119 cm³/mol. The van der Waals surface area contributed by atoms with Gasteiger partial charge in [0.25, 0.3) is 11.8 Å². The van der Waals surface area contributed by atoms with Crippen molar-refractivity contribution in [2.24, 2.45) is 7.05 Å². The third-order valence-corrected chi connectivity index (χ3v) is 6.87. The molecular weight excluding hydrogens is 432 g/mol. The highest BCUT2D eigenvalue weighted by Gasteiger charge is 2.24. The number of carbonyl (C=O) groups excluding carboxylic acids is 1. The van der Waals surface area contributed by atoms with E-state index in [1.165, 1.54) is 28.6 Å². The molecule has 0 saturated heterocycles. The first-order chi connectivity index (χ1) is 15.4. The molecule has 3 aromatic rings. The number of hydrogen-bond donors (Lipinski definition) is 1. The Balaban J connectivity index is 1.71. The third kappa shape index (κ3) is 5.40. The summed E-state index contributed by atoms with van der Waals surface area (Å²) in [4.78, 5) is 12.7. The fraction of sp³-hybridized carbons (Fsp3) is 0.429. The van der Waals surface area contributed by atoms with E-state index in [-0.39, 0.29) is 22.4 Å². The number of anilines is 1. The second-order valence-electron chi connectivity index (χ2n) is 7.34. The topological polar surface area (TPSA) is 123 Å². The van der Waals surface area contributed by atoms with Crippen LogP contribution in [0.4, 0.5) is 6.01 Å². The third-order valence-electron chi connectivity index (χ3n) is 4.96. The monoisotopic (exact) mass is 460 g/mol. The molecule has 11 heteroatoms. The fourth-order valence-electron chi connectivity index (χ4n) is 3.08. The zero-order chi connectivity index (χ0) is 23.1. The van der Waals surface area contributed by atoms with Gasteiger partial charge in [-0.15, -0.1) is 5.10 Å². The van der Waals surface area contributed by atoms with Gasteiger partial charge in [-0.05, 0) is 43.2 Å². The molecule has 1 aromatic carbocycles. The molecule has 0 saturated carbocycles. The Labute approximate surface area is 187 Å². The van der Waals surface area contributed by atoms with E-state index >= 15 is 0 Å². The van der Waals surface area contributed by atoms with Crippen molar-refractivity contribution in [3.8, 4) is 11.6 Å². The summed E-state index contributed by atoms with van der Waals surface area (Å²) in [6.07, 6.45) is 5.02. The number of rotatable bonds is 11. The molecule has 10 nitrogen and oxygen atoms in total. The Hall–Kier alpha value is -3.05. The van der Waals surface area contributed by atoms with Crippen molar-refractivity contribution in [1.82, 2.24) is 24.3 Å². The molecule has 0 bridgehead atoms. The maximum atomic E-state index is 13.0. The summed E-state index contributed by atoms with van der Waals surface area (Å²) in [5.41, 5.74) is 0.890. The van der Waals surface area contributed by atoms with Gasteiger partial charge in [-0.2, -0.15) is 9.40 Å². The smallest absolute Gasteiger partial charge is 0.322 e. The second-order valence-corrected chi connectivity index (χ2v) is 9.28. The van der Waals surface area contributed by atoms with Gasteiger partial charge in [-0.1, -0.05) is 31.8 Å². The van der Waals surface area contributed by atoms with Crippen molar-refractivity contribution in [3.63, 3.8) is 0 Å². The van der Waals surface area contributed by atoms with E-state index in [1.54, 1.807) is 24.0 Å². The summed E-state index contributed by atoms with van der Waals surface area (Å²) < 4.78 is 34.6. The van der Waals surface area contributed by atoms with Gasteiger partial charge in [0.05, 0.1) is 4.90 Å². The lowest BCUT2D eigenvalue weighted by molar-refractivity contribution is 0.102. The lowest BCUT2D eigenvalue weighted by Crippen LogP contribution is -2.33. The highest BCUT2D eigenvalue weighted by atomic mass is 32.2. The van der Waals surface area contributed by atoms with Gasteiger partial charge in [0.1, 0.15) is 5.69 Å². The molecule has 172 valence electrons. The molecule has 0 aliphatic heterocycles. The van der Waals surface area contributed by atoms with Gasteiger partial charge in [-0.3, -0.25) is 14.8 Å². The first kappa shape index (κ1) is 23.6. The van der Waals surface area contributed by atoms with Crippen LogP contribution in [0, 0.1) is 0 Å². The van der Waals surface area contributed by atoms with Gasteiger partial charge in [0.15, 0.2) is 0 Å². The SMILES string of the molecule is CCCCN(CCCC)S(=O)(=O)c1ccc(C(=O)Nc2nnc(-c3ccnn3C)o2)cc1. The zero-order valence-electron chi connectivity index (χ0n) is 18.5. The van der Waals surface area contributed by atoms with E-state index in [4.69, 9.17) is 4.42 Å². The number of nitrogens with zero attached hydrogens (tertiary/aromatic N) is 5. The quantitative estimate of drug-likeness (QED) is 0.465. The average Bonchev–Trinajstić information content (AvgIpc) is 3.42. The van der Waals surface area contributed by atoms with E-state index in [9.17, 15) is 13.2 Å². The Kier molecular flexibility index (Phi) is 7.75. The number of carbonyl (C=O) groups is 1. The van der Waals surface area contributed by atoms with Crippen molar-refractivity contribution in [2.45, 2.75) is 44.4 Å². The standard InChI is InChI=1S/C21H28N6O4S/c1-4-6-14-27(15-7-5-2)32(29,30)17-10-8-16(9-11-17)19(28)23-21-25-24-20(31-21)18-12-13-22-26(18)3/h8-13H,4-7,14-15H2,1-3H3,(H,23,25,28). The molecule has 0 unspecified atom stereocenters. The number of aryl methyl sites for hydroxylation is 1. The highest BCUT2D eigenvalue weighted by Crippen LogP contribution is 2.21. The predicted octanol–water partition coefficient (Wildman–Crippen LogP) is 3.31. The van der Waals surface area contributed by atoms with Crippen molar-refractivity contribution < 1.29 is 17.6 Å². The van der Waals surface area contributed by atoms with Crippen LogP contribution in [-0.4, -0.2) is 51.7 Å². The Morgan fingerprint density at radius 1 is 1.06 bits per heavy atom. The summed E-state index contributed by atoms with van der Waals surface area (Å²) in [6.45, 7) is 5.02. The summed E-state index contributed by atoms with van der Waals surface area (Å²) in [6, 6.07) is 7.49. The van der Waals surface area contributed by atoms with Crippen LogP contribution >= 0.6 is 0 Å². The van der Waals surface area contributed by atoms with Gasteiger partial charge >= 0.3 is 6.01 Å². The lowest BCUT2D eigenvalue weighted by atomic mass is 10.2. The van der Waals surface area contributed by atoms with E-state index in [0.717, 1.165) is 25.7 Å². The molecule has 0 spiro atoms. The normalized spacial score (nSPS) is 11.8. The summed E-state index contributed by atoms with van der Waals surface area (Å²) in [7, 11) is -1.89. The minimum Gasteiger partial charge on any atom is -0.401 e. The maximum Gasteiger partial charge on any atom is 0.322 e. The first-order valence-corrected chi connectivity index (χ1v) is 12.0. The Morgan fingerprint density at radius 3 is 2.28 bits per heavy atom. The van der Waals surface area contributed by atoms with Crippen molar-refractivity contribution in [2.75, 3.05) is 18.4 Å². The molecule has 1 amide bonds. The molecule has 2 heterocycles. The van der Waals surface area contributed by atoms with Gasteiger partial charge < -0.3 is 4.42 Å². The Bertz CT molecular complexity index is 1130. The summed E-state index contributed by atoms with van der Waals surface area (Å²) in [5.74, 6) is -0.260. The number of sulfonamides is 1. The minimum absolute atomic E-state index is 0.0618. The van der Waals surface area contributed by atoms with E-state index < -0.39 is 15.9 Å². The number of amides is 1. The molecule has 3 rings (SSSR count). The van der Waals surface area contributed by atoms with Crippen molar-refractivity contribution in [3.05, 3.63) is 42.1 Å². The summed E-state index contributed by atoms with van der Waals surface area (Å²) >= 11 is 0. The molecule has 1 N–H and O–H groups in total. The number of aromatic nitrogens is 4. The largest absolute Gasteiger partial charge is 0.401 e. The van der Waals surface area contributed by atoms with E-state index in [1.807, 2.05) is 13.8 Å².